The number of ether oxygens (including phenoxy) is 2. The fourth-order valence-corrected chi connectivity index (χ4v) is 1.89. The van der Waals surface area contributed by atoms with Gasteiger partial charge in [-0.3, -0.25) is 0 Å². The van der Waals surface area contributed by atoms with Gasteiger partial charge in [-0.15, -0.1) is 24.0 Å². The highest BCUT2D eigenvalue weighted by Gasteiger charge is 2.15. The molecule has 5 nitrogen and oxygen atoms in total. The molecule has 0 radical (unpaired) electrons. The molecule has 0 aromatic heterocycles. The van der Waals surface area contributed by atoms with E-state index in [1.54, 1.807) is 25.1 Å². The lowest BCUT2D eigenvalue weighted by Crippen LogP contribution is -2.32. The minimum atomic E-state index is -2.93. The summed E-state index contributed by atoms with van der Waals surface area (Å²) in [6, 6.07) is 4.94. The van der Waals surface area contributed by atoms with Gasteiger partial charge < -0.3 is 20.5 Å². The first-order chi connectivity index (χ1) is 10.9. The van der Waals surface area contributed by atoms with Crippen LogP contribution in [0.25, 0.3) is 0 Å². The maximum Gasteiger partial charge on any atom is 0.387 e. The number of rotatable bonds is 9. The molecule has 0 fully saturated rings. The first-order valence-electron chi connectivity index (χ1n) is 7.67. The summed E-state index contributed by atoms with van der Waals surface area (Å²) >= 11 is 0. The highest BCUT2D eigenvalue weighted by molar-refractivity contribution is 14.0. The molecule has 0 saturated heterocycles. The number of hydrogen-bond donors (Lipinski definition) is 2. The van der Waals surface area contributed by atoms with Crippen molar-refractivity contribution in [3.63, 3.8) is 0 Å². The highest BCUT2D eigenvalue weighted by atomic mass is 127. The van der Waals surface area contributed by atoms with Gasteiger partial charge in [-0.1, -0.05) is 26.0 Å². The maximum absolute atomic E-state index is 12.6. The average molecular weight is 457 g/mol. The van der Waals surface area contributed by atoms with Gasteiger partial charge in [-0.25, -0.2) is 4.99 Å². The van der Waals surface area contributed by atoms with Crippen molar-refractivity contribution < 1.29 is 18.3 Å². The summed E-state index contributed by atoms with van der Waals surface area (Å²) in [5, 5.41) is 2.99. The standard InChI is InChI=1S/C16H25F2N3O2.HI/c1-4-22-13-7-5-6-12(14(13)23-15(17)18)10-21-16(19)20-9-8-11(2)3;/h5-7,11,15H,4,8-10H2,1-3H3,(H3,19,20,21);1H. The van der Waals surface area contributed by atoms with Crippen LogP contribution in [-0.2, 0) is 6.54 Å². The van der Waals surface area contributed by atoms with Crippen molar-refractivity contribution in [2.24, 2.45) is 16.6 Å². The van der Waals surface area contributed by atoms with Gasteiger partial charge in [0.15, 0.2) is 17.5 Å². The number of nitrogens with two attached hydrogens (primary N) is 1. The predicted molar refractivity (Wildman–Crippen MR) is 102 cm³/mol. The molecule has 24 heavy (non-hydrogen) atoms. The molecule has 0 aliphatic carbocycles. The van der Waals surface area contributed by atoms with E-state index in [4.69, 9.17) is 10.5 Å². The van der Waals surface area contributed by atoms with Crippen LogP contribution in [0.2, 0.25) is 0 Å². The van der Waals surface area contributed by atoms with E-state index >= 15 is 0 Å². The normalized spacial score (nSPS) is 11.4. The first kappa shape index (κ1) is 22.7. The van der Waals surface area contributed by atoms with Crippen LogP contribution >= 0.6 is 24.0 Å². The number of benzene rings is 1. The highest BCUT2D eigenvalue weighted by Crippen LogP contribution is 2.33. The molecule has 0 amide bonds. The molecule has 8 heteroatoms. The van der Waals surface area contributed by atoms with Crippen molar-refractivity contribution in [3.8, 4) is 11.5 Å². The Morgan fingerprint density at radius 3 is 2.62 bits per heavy atom. The molecule has 1 aromatic carbocycles. The number of nitrogens with zero attached hydrogens (tertiary/aromatic N) is 1. The molecule has 0 aliphatic heterocycles. The van der Waals surface area contributed by atoms with Crippen LogP contribution in [0.3, 0.4) is 0 Å². The Morgan fingerprint density at radius 1 is 1.33 bits per heavy atom. The molecule has 1 rings (SSSR count). The lowest BCUT2D eigenvalue weighted by atomic mass is 10.1. The molecule has 3 N–H and O–H groups in total. The van der Waals surface area contributed by atoms with Gasteiger partial charge in [0, 0.05) is 12.1 Å². The van der Waals surface area contributed by atoms with Gasteiger partial charge in [-0.2, -0.15) is 8.78 Å². The Balaban J connectivity index is 0.00000529. The third-order valence-corrected chi connectivity index (χ3v) is 3.01. The second-order valence-electron chi connectivity index (χ2n) is 5.37. The lowest BCUT2D eigenvalue weighted by molar-refractivity contribution is -0.0520. The second kappa shape index (κ2) is 12.1. The maximum atomic E-state index is 12.6. The summed E-state index contributed by atoms with van der Waals surface area (Å²) in [5.41, 5.74) is 6.27. The smallest absolute Gasteiger partial charge is 0.387 e. The molecule has 0 heterocycles. The van der Waals surface area contributed by atoms with E-state index in [9.17, 15) is 8.78 Å². The Hall–Kier alpha value is -1.32. The molecule has 0 spiro atoms. The number of halogens is 3. The summed E-state index contributed by atoms with van der Waals surface area (Å²) in [6.07, 6.45) is 0.968. The lowest BCUT2D eigenvalue weighted by Gasteiger charge is -2.14. The number of nitrogens with one attached hydrogen (secondary N) is 1. The van der Waals surface area contributed by atoms with Gasteiger partial charge in [-0.05, 0) is 25.3 Å². The SMILES string of the molecule is CCOc1cccc(CN=C(N)NCCC(C)C)c1OC(F)F.I. The second-order valence-corrected chi connectivity index (χ2v) is 5.37. The zero-order chi connectivity index (χ0) is 17.2. The summed E-state index contributed by atoms with van der Waals surface area (Å²) in [6.45, 7) is 4.26. The van der Waals surface area contributed by atoms with E-state index in [0.29, 0.717) is 24.6 Å². The zero-order valence-corrected chi connectivity index (χ0v) is 16.6. The first-order valence-corrected chi connectivity index (χ1v) is 7.67. The van der Waals surface area contributed by atoms with Crippen molar-refractivity contribution in [3.05, 3.63) is 23.8 Å². The fourth-order valence-electron chi connectivity index (χ4n) is 1.89. The molecule has 0 saturated carbocycles. The van der Waals surface area contributed by atoms with E-state index < -0.39 is 6.61 Å². The molecular formula is C16H26F2IN3O2. The topological polar surface area (TPSA) is 68.9 Å². The minimum Gasteiger partial charge on any atom is -0.490 e. The van der Waals surface area contributed by atoms with Crippen molar-refractivity contribution in [2.75, 3.05) is 13.2 Å². The molecule has 1 aromatic rings. The van der Waals surface area contributed by atoms with Gasteiger partial charge in [0.05, 0.1) is 13.2 Å². The summed E-state index contributed by atoms with van der Waals surface area (Å²) < 4.78 is 35.1. The quantitative estimate of drug-likeness (QED) is 0.337. The van der Waals surface area contributed by atoms with Crippen LogP contribution in [0, 0.1) is 5.92 Å². The number of para-hydroxylation sites is 1. The van der Waals surface area contributed by atoms with Crippen LogP contribution in [0.1, 0.15) is 32.8 Å². The molecule has 0 bridgehead atoms. The summed E-state index contributed by atoms with van der Waals surface area (Å²) in [4.78, 5) is 4.16. The summed E-state index contributed by atoms with van der Waals surface area (Å²) in [7, 11) is 0. The van der Waals surface area contributed by atoms with E-state index in [0.717, 1.165) is 6.42 Å². The van der Waals surface area contributed by atoms with Gasteiger partial charge >= 0.3 is 6.61 Å². The summed E-state index contributed by atoms with van der Waals surface area (Å²) in [5.74, 6) is 1.11. The van der Waals surface area contributed by atoms with E-state index in [-0.39, 0.29) is 48.0 Å². The average Bonchev–Trinajstić information content (AvgIpc) is 2.47. The number of aliphatic imine (C=N–C) groups is 1. The van der Waals surface area contributed by atoms with E-state index in [2.05, 4.69) is 28.9 Å². The monoisotopic (exact) mass is 457 g/mol. The van der Waals surface area contributed by atoms with Crippen molar-refractivity contribution in [2.45, 2.75) is 40.3 Å². The van der Waals surface area contributed by atoms with E-state index in [1.807, 2.05) is 0 Å². The van der Waals surface area contributed by atoms with Crippen molar-refractivity contribution in [1.82, 2.24) is 5.32 Å². The fraction of sp³-hybridized carbons (Fsp3) is 0.562. The van der Waals surface area contributed by atoms with E-state index in [1.165, 1.54) is 0 Å². The van der Waals surface area contributed by atoms with Crippen LogP contribution in [0.15, 0.2) is 23.2 Å². The Morgan fingerprint density at radius 2 is 2.04 bits per heavy atom. The number of alkyl halides is 2. The van der Waals surface area contributed by atoms with Gasteiger partial charge in [0.1, 0.15) is 0 Å². The molecule has 0 aliphatic rings. The van der Waals surface area contributed by atoms with Gasteiger partial charge in [0.2, 0.25) is 0 Å². The van der Waals surface area contributed by atoms with Crippen LogP contribution in [0.5, 0.6) is 11.5 Å². The molecule has 0 unspecified atom stereocenters. The number of hydrogen-bond acceptors (Lipinski definition) is 3. The Kier molecular flexibility index (Phi) is 11.4. The zero-order valence-electron chi connectivity index (χ0n) is 14.2. The van der Waals surface area contributed by atoms with Crippen molar-refractivity contribution >= 4 is 29.9 Å². The largest absolute Gasteiger partial charge is 0.490 e. The van der Waals surface area contributed by atoms with Crippen LogP contribution in [0.4, 0.5) is 8.78 Å². The molecular weight excluding hydrogens is 431 g/mol. The third-order valence-electron chi connectivity index (χ3n) is 3.01. The minimum absolute atomic E-state index is 0. The third kappa shape index (κ3) is 8.51. The van der Waals surface area contributed by atoms with Crippen molar-refractivity contribution in [1.29, 1.82) is 0 Å². The van der Waals surface area contributed by atoms with Gasteiger partial charge in [0.25, 0.3) is 0 Å². The molecule has 0 atom stereocenters. The molecule has 138 valence electrons. The van der Waals surface area contributed by atoms with Crippen LogP contribution in [-0.4, -0.2) is 25.7 Å². The Labute approximate surface area is 159 Å². The number of guanidine groups is 1. The Bertz CT molecular complexity index is 514. The van der Waals surface area contributed by atoms with Crippen LogP contribution < -0.4 is 20.5 Å². The predicted octanol–water partition coefficient (Wildman–Crippen LogP) is 3.76.